The second-order valence-electron chi connectivity index (χ2n) is 5.95. The lowest BCUT2D eigenvalue weighted by atomic mass is 9.90. The van der Waals surface area contributed by atoms with Crippen LogP contribution in [0.1, 0.15) is 40.1 Å². The first kappa shape index (κ1) is 14.1. The summed E-state index contributed by atoms with van der Waals surface area (Å²) in [6.45, 7) is 0.800. The van der Waals surface area contributed by atoms with E-state index >= 15 is 0 Å². The van der Waals surface area contributed by atoms with Crippen molar-refractivity contribution < 1.29 is 9.53 Å². The number of methoxy groups -OCH3 is 1. The first-order chi connectivity index (χ1) is 11.2. The first-order valence-corrected chi connectivity index (χ1v) is 7.79. The minimum atomic E-state index is -0.236. The Bertz CT molecular complexity index is 775. The van der Waals surface area contributed by atoms with E-state index in [9.17, 15) is 4.79 Å². The molecule has 2 aliphatic heterocycles. The van der Waals surface area contributed by atoms with E-state index in [1.54, 1.807) is 7.11 Å². The van der Waals surface area contributed by atoms with Gasteiger partial charge in [0.2, 0.25) is 0 Å². The molecule has 2 aromatic rings. The molecule has 0 aliphatic carbocycles. The van der Waals surface area contributed by atoms with Gasteiger partial charge in [0.15, 0.2) is 0 Å². The maximum absolute atomic E-state index is 12.6. The minimum absolute atomic E-state index is 0.0228. The molecule has 23 heavy (non-hydrogen) atoms. The van der Waals surface area contributed by atoms with Crippen LogP contribution in [0, 0.1) is 0 Å². The van der Waals surface area contributed by atoms with Crippen molar-refractivity contribution in [1.29, 1.82) is 0 Å². The number of para-hydroxylation sites is 2. The maximum atomic E-state index is 12.6. The van der Waals surface area contributed by atoms with Gasteiger partial charge in [0.05, 0.1) is 18.4 Å². The quantitative estimate of drug-likeness (QED) is 0.893. The Hall–Kier alpha value is -2.53. The molecular weight excluding hydrogens is 290 g/mol. The van der Waals surface area contributed by atoms with Gasteiger partial charge in [-0.3, -0.25) is 4.79 Å². The third-order valence-electron chi connectivity index (χ3n) is 4.69. The molecule has 4 rings (SSSR count). The summed E-state index contributed by atoms with van der Waals surface area (Å²) >= 11 is 0. The zero-order chi connectivity index (χ0) is 16.0. The second kappa shape index (κ2) is 5.28. The van der Waals surface area contributed by atoms with Crippen LogP contribution < -0.4 is 20.7 Å². The summed E-state index contributed by atoms with van der Waals surface area (Å²) in [5.41, 5.74) is 9.92. The number of hydrogen-bond donors (Lipinski definition) is 2. The van der Waals surface area contributed by atoms with Crippen LogP contribution in [0.3, 0.4) is 0 Å². The Labute approximate surface area is 135 Å². The Morgan fingerprint density at radius 2 is 1.96 bits per heavy atom. The summed E-state index contributed by atoms with van der Waals surface area (Å²) in [6.07, 6.45) is 0.623. The molecule has 0 unspecified atom stereocenters. The molecule has 2 heterocycles. The van der Waals surface area contributed by atoms with Crippen molar-refractivity contribution in [2.45, 2.75) is 18.6 Å². The number of ether oxygens (including phenoxy) is 1. The van der Waals surface area contributed by atoms with E-state index in [0.717, 1.165) is 35.5 Å². The number of anilines is 1. The topological polar surface area (TPSA) is 67.6 Å². The molecule has 2 aliphatic rings. The number of nitrogens with zero attached hydrogens (tertiary/aromatic N) is 1. The highest BCUT2D eigenvalue weighted by Crippen LogP contribution is 2.43. The van der Waals surface area contributed by atoms with E-state index in [1.165, 1.54) is 0 Å². The van der Waals surface area contributed by atoms with Crippen molar-refractivity contribution in [3.63, 3.8) is 0 Å². The van der Waals surface area contributed by atoms with Gasteiger partial charge in [-0.1, -0.05) is 30.3 Å². The van der Waals surface area contributed by atoms with Gasteiger partial charge in [-0.15, -0.1) is 0 Å². The van der Waals surface area contributed by atoms with Gasteiger partial charge in [-0.25, -0.2) is 0 Å². The van der Waals surface area contributed by atoms with Gasteiger partial charge in [0.25, 0.3) is 5.91 Å². The van der Waals surface area contributed by atoms with E-state index in [2.05, 4.69) is 10.2 Å². The summed E-state index contributed by atoms with van der Waals surface area (Å²) in [6, 6.07) is 13.6. The fraction of sp³-hybridized carbons (Fsp3) is 0.278. The normalized spacial score (nSPS) is 22.3. The number of rotatable bonds is 2. The monoisotopic (exact) mass is 309 g/mol. The third-order valence-corrected chi connectivity index (χ3v) is 4.69. The number of amides is 1. The molecule has 0 aromatic heterocycles. The van der Waals surface area contributed by atoms with Crippen LogP contribution >= 0.6 is 0 Å². The summed E-state index contributed by atoms with van der Waals surface area (Å²) < 4.78 is 5.48. The Morgan fingerprint density at radius 1 is 1.17 bits per heavy atom. The highest BCUT2D eigenvalue weighted by molar-refractivity contribution is 6.03. The van der Waals surface area contributed by atoms with Crippen LogP contribution in [-0.4, -0.2) is 19.6 Å². The maximum Gasteiger partial charge on any atom is 0.255 e. The van der Waals surface area contributed by atoms with Crippen LogP contribution in [-0.2, 0) is 0 Å². The molecule has 0 radical (unpaired) electrons. The summed E-state index contributed by atoms with van der Waals surface area (Å²) in [5, 5.41) is 3.11. The fourth-order valence-electron chi connectivity index (χ4n) is 3.59. The predicted molar refractivity (Wildman–Crippen MR) is 88.5 cm³/mol. The number of nitrogens with two attached hydrogens (primary N) is 1. The van der Waals surface area contributed by atoms with Crippen LogP contribution in [0.5, 0.6) is 5.75 Å². The standard InChI is InChI=1S/C18H19N3O2/c1-23-15-8-3-2-5-12(15)17-20-18(22)13-7-4-6-11-14(19)9-10-21(17)16(11)13/h2-8,14,17H,9-10,19H2,1H3,(H,20,22)/t14-,17-/m0/s1. The predicted octanol–water partition coefficient (Wildman–Crippen LogP) is 2.35. The molecular formula is C18H19N3O2. The molecule has 0 bridgehead atoms. The van der Waals surface area contributed by atoms with Gasteiger partial charge >= 0.3 is 0 Å². The van der Waals surface area contributed by atoms with Gasteiger partial charge in [-0.05, 0) is 24.1 Å². The van der Waals surface area contributed by atoms with Crippen molar-refractivity contribution in [3.05, 3.63) is 59.2 Å². The zero-order valence-electron chi connectivity index (χ0n) is 13.0. The van der Waals surface area contributed by atoms with Crippen molar-refractivity contribution in [3.8, 4) is 5.75 Å². The number of nitrogens with one attached hydrogen (secondary N) is 1. The molecule has 5 nitrogen and oxygen atoms in total. The van der Waals surface area contributed by atoms with Crippen molar-refractivity contribution in [2.75, 3.05) is 18.6 Å². The fourth-order valence-corrected chi connectivity index (χ4v) is 3.59. The average Bonchev–Trinajstić information content (AvgIpc) is 2.60. The van der Waals surface area contributed by atoms with Gasteiger partial charge in [0.1, 0.15) is 11.9 Å². The number of hydrogen-bond acceptors (Lipinski definition) is 4. The van der Waals surface area contributed by atoms with Crippen LogP contribution in [0.2, 0.25) is 0 Å². The zero-order valence-corrected chi connectivity index (χ0v) is 13.0. The largest absolute Gasteiger partial charge is 0.496 e. The molecule has 0 saturated carbocycles. The molecule has 0 saturated heterocycles. The number of benzene rings is 2. The average molecular weight is 309 g/mol. The van der Waals surface area contributed by atoms with Crippen molar-refractivity contribution in [1.82, 2.24) is 5.32 Å². The third kappa shape index (κ3) is 2.08. The minimum Gasteiger partial charge on any atom is -0.496 e. The molecule has 3 N–H and O–H groups in total. The molecule has 2 aromatic carbocycles. The van der Waals surface area contributed by atoms with Crippen LogP contribution in [0.4, 0.5) is 5.69 Å². The summed E-state index contributed by atoms with van der Waals surface area (Å²) in [4.78, 5) is 14.8. The number of carbonyl (C=O) groups excluding carboxylic acids is 1. The van der Waals surface area contributed by atoms with Crippen molar-refractivity contribution >= 4 is 11.6 Å². The van der Waals surface area contributed by atoms with Crippen LogP contribution in [0.15, 0.2) is 42.5 Å². The van der Waals surface area contributed by atoms with E-state index < -0.39 is 0 Å². The van der Waals surface area contributed by atoms with E-state index in [4.69, 9.17) is 10.5 Å². The Kier molecular flexibility index (Phi) is 3.23. The van der Waals surface area contributed by atoms with E-state index in [-0.39, 0.29) is 18.1 Å². The Morgan fingerprint density at radius 3 is 2.78 bits per heavy atom. The van der Waals surface area contributed by atoms with Crippen LogP contribution in [0.25, 0.3) is 0 Å². The lowest BCUT2D eigenvalue weighted by Crippen LogP contribution is -2.49. The van der Waals surface area contributed by atoms with Gasteiger partial charge < -0.3 is 20.7 Å². The first-order valence-electron chi connectivity index (χ1n) is 7.79. The SMILES string of the molecule is COc1ccccc1[C@H]1NC(=O)c2cccc3c2N1CC[C@@H]3N. The smallest absolute Gasteiger partial charge is 0.255 e. The molecule has 0 fully saturated rings. The highest BCUT2D eigenvalue weighted by atomic mass is 16.5. The lowest BCUT2D eigenvalue weighted by molar-refractivity contribution is 0.0924. The Balaban J connectivity index is 1.88. The highest BCUT2D eigenvalue weighted by Gasteiger charge is 2.37. The van der Waals surface area contributed by atoms with Crippen molar-refractivity contribution in [2.24, 2.45) is 5.73 Å². The number of carbonyl (C=O) groups is 1. The molecule has 2 atom stereocenters. The summed E-state index contributed by atoms with van der Waals surface area (Å²) in [7, 11) is 1.65. The molecule has 5 heteroatoms. The molecule has 118 valence electrons. The van der Waals surface area contributed by atoms with Gasteiger partial charge in [0, 0.05) is 18.2 Å². The lowest BCUT2D eigenvalue weighted by Gasteiger charge is -2.44. The molecule has 0 spiro atoms. The second-order valence-corrected chi connectivity index (χ2v) is 5.95. The van der Waals surface area contributed by atoms with E-state index in [1.807, 2.05) is 42.5 Å². The molecule has 1 amide bonds. The van der Waals surface area contributed by atoms with E-state index in [0.29, 0.717) is 5.56 Å². The summed E-state index contributed by atoms with van der Waals surface area (Å²) in [5.74, 6) is 0.705. The van der Waals surface area contributed by atoms with Gasteiger partial charge in [-0.2, -0.15) is 0 Å².